The second kappa shape index (κ2) is 17.7. The van der Waals surface area contributed by atoms with Gasteiger partial charge in [0.2, 0.25) is 0 Å². The Morgan fingerprint density at radius 3 is 1.54 bits per heavy atom. The normalized spacial score (nSPS) is 19.7. The van der Waals surface area contributed by atoms with Crippen molar-refractivity contribution in [2.75, 3.05) is 13.6 Å². The minimum absolute atomic E-state index is 0.847. The maximum atomic E-state index is 3.00. The smallest absolute Gasteiger partial charge is 0.00643 e. The number of nitrogens with zero attached hydrogens (tertiary/aromatic N) is 1. The first-order chi connectivity index (χ1) is 6.30. The lowest BCUT2D eigenvalue weighted by Gasteiger charge is -2.12. The van der Waals surface area contributed by atoms with Crippen molar-refractivity contribution in [2.24, 2.45) is 0 Å². The van der Waals surface area contributed by atoms with Gasteiger partial charge in [0.1, 0.15) is 0 Å². The van der Waals surface area contributed by atoms with E-state index in [1.165, 1.54) is 19.4 Å². The molecule has 0 aliphatic carbocycles. The first kappa shape index (κ1) is 18.5. The molecule has 0 bridgehead atoms. The number of rotatable bonds is 0. The van der Waals surface area contributed by atoms with Crippen LogP contribution in [0.2, 0.25) is 0 Å². The van der Waals surface area contributed by atoms with Gasteiger partial charge in [0.25, 0.3) is 0 Å². The standard InChI is InChI=1S/C6H13N.2C2H6.C2H4/c1-6-4-3-5-7(6)2;3*1-2/h6H,3-5H2,1-2H3;2*1-2H3;1-2H2. The summed E-state index contributed by atoms with van der Waals surface area (Å²) in [6.45, 7) is 17.6. The zero-order chi connectivity index (χ0) is 11.3. The molecule has 1 unspecified atom stereocenters. The summed E-state index contributed by atoms with van der Waals surface area (Å²) < 4.78 is 0. The van der Waals surface area contributed by atoms with Crippen molar-refractivity contribution in [3.05, 3.63) is 13.2 Å². The molecule has 1 aliphatic heterocycles. The molecule has 0 saturated carbocycles. The lowest BCUT2D eigenvalue weighted by atomic mass is 10.3. The van der Waals surface area contributed by atoms with Crippen molar-refractivity contribution >= 4 is 0 Å². The Kier molecular flexibility index (Phi) is 25.2. The van der Waals surface area contributed by atoms with Crippen molar-refractivity contribution in [2.45, 2.75) is 53.5 Å². The van der Waals surface area contributed by atoms with E-state index >= 15 is 0 Å². The second-order valence-electron chi connectivity index (χ2n) is 2.47. The molecule has 0 N–H and O–H groups in total. The third kappa shape index (κ3) is 11.7. The fraction of sp³-hybridized carbons (Fsp3) is 0.833. The lowest BCUT2D eigenvalue weighted by molar-refractivity contribution is 0.331. The molecule has 82 valence electrons. The Labute approximate surface area is 85.8 Å². The third-order valence-electron chi connectivity index (χ3n) is 1.89. The zero-order valence-electron chi connectivity index (χ0n) is 10.6. The van der Waals surface area contributed by atoms with E-state index in [0.717, 1.165) is 6.04 Å². The molecule has 1 heterocycles. The van der Waals surface area contributed by atoms with E-state index in [2.05, 4.69) is 32.0 Å². The van der Waals surface area contributed by atoms with Crippen LogP contribution in [-0.2, 0) is 0 Å². The monoisotopic (exact) mass is 187 g/mol. The van der Waals surface area contributed by atoms with Crippen LogP contribution >= 0.6 is 0 Å². The second-order valence-corrected chi connectivity index (χ2v) is 2.47. The van der Waals surface area contributed by atoms with Crippen molar-refractivity contribution in [3.63, 3.8) is 0 Å². The van der Waals surface area contributed by atoms with Gasteiger partial charge in [0.15, 0.2) is 0 Å². The first-order valence-corrected chi connectivity index (χ1v) is 5.51. The average molecular weight is 187 g/mol. The zero-order valence-corrected chi connectivity index (χ0v) is 10.6. The molecule has 1 aliphatic rings. The van der Waals surface area contributed by atoms with Crippen LogP contribution in [-0.4, -0.2) is 24.5 Å². The largest absolute Gasteiger partial charge is 0.304 e. The van der Waals surface area contributed by atoms with E-state index in [1.54, 1.807) is 0 Å². The molecule has 0 radical (unpaired) electrons. The van der Waals surface area contributed by atoms with Crippen molar-refractivity contribution in [3.8, 4) is 0 Å². The quantitative estimate of drug-likeness (QED) is 0.519. The van der Waals surface area contributed by atoms with Gasteiger partial charge in [-0.1, -0.05) is 27.7 Å². The Hall–Kier alpha value is -0.300. The maximum absolute atomic E-state index is 3.00. The molecule has 0 aromatic carbocycles. The Morgan fingerprint density at radius 2 is 1.46 bits per heavy atom. The Balaban J connectivity index is -0.000000144. The number of hydrogen-bond donors (Lipinski definition) is 0. The average Bonchev–Trinajstić information content (AvgIpc) is 2.61. The summed E-state index contributed by atoms with van der Waals surface area (Å²) in [4.78, 5) is 2.40. The molecule has 1 saturated heterocycles. The van der Waals surface area contributed by atoms with E-state index in [0.29, 0.717) is 0 Å². The van der Waals surface area contributed by atoms with E-state index in [-0.39, 0.29) is 0 Å². The minimum Gasteiger partial charge on any atom is -0.304 e. The Morgan fingerprint density at radius 1 is 1.08 bits per heavy atom. The maximum Gasteiger partial charge on any atom is 0.00643 e. The van der Waals surface area contributed by atoms with Gasteiger partial charge in [-0.15, -0.1) is 13.2 Å². The van der Waals surface area contributed by atoms with Gasteiger partial charge in [-0.3, -0.25) is 0 Å². The molecule has 1 heteroatoms. The van der Waals surface area contributed by atoms with Gasteiger partial charge in [-0.25, -0.2) is 0 Å². The van der Waals surface area contributed by atoms with Crippen LogP contribution in [0.3, 0.4) is 0 Å². The van der Waals surface area contributed by atoms with Crippen LogP contribution in [0.15, 0.2) is 13.2 Å². The molecule has 13 heavy (non-hydrogen) atoms. The SMILES string of the molecule is C=C.CC.CC.CC1CCCN1C. The predicted octanol–water partition coefficient (Wildman–Crippen LogP) is 3.96. The molecular weight excluding hydrogens is 158 g/mol. The highest BCUT2D eigenvalue weighted by atomic mass is 15.1. The molecule has 1 rings (SSSR count). The predicted molar refractivity (Wildman–Crippen MR) is 65.3 cm³/mol. The highest BCUT2D eigenvalue weighted by molar-refractivity contribution is 4.70. The summed E-state index contributed by atoms with van der Waals surface area (Å²) in [5.74, 6) is 0. The molecular formula is C12H29N. The van der Waals surface area contributed by atoms with Crippen molar-refractivity contribution < 1.29 is 0 Å². The summed E-state index contributed by atoms with van der Waals surface area (Å²) >= 11 is 0. The Bertz CT molecular complexity index is 63.5. The van der Waals surface area contributed by atoms with Crippen LogP contribution in [0.25, 0.3) is 0 Å². The highest BCUT2D eigenvalue weighted by Crippen LogP contribution is 2.12. The minimum atomic E-state index is 0.847. The van der Waals surface area contributed by atoms with Gasteiger partial charge >= 0.3 is 0 Å². The molecule has 1 nitrogen and oxygen atoms in total. The van der Waals surface area contributed by atoms with E-state index in [1.807, 2.05) is 27.7 Å². The summed E-state index contributed by atoms with van der Waals surface area (Å²) in [5, 5.41) is 0. The highest BCUT2D eigenvalue weighted by Gasteiger charge is 2.14. The first-order valence-electron chi connectivity index (χ1n) is 5.51. The van der Waals surface area contributed by atoms with Crippen LogP contribution < -0.4 is 0 Å². The van der Waals surface area contributed by atoms with Crippen LogP contribution in [0.4, 0.5) is 0 Å². The van der Waals surface area contributed by atoms with Crippen molar-refractivity contribution in [1.82, 2.24) is 4.90 Å². The van der Waals surface area contributed by atoms with Crippen LogP contribution in [0, 0.1) is 0 Å². The molecule has 0 aromatic rings. The summed E-state index contributed by atoms with van der Waals surface area (Å²) in [7, 11) is 2.19. The van der Waals surface area contributed by atoms with Gasteiger partial charge in [-0.2, -0.15) is 0 Å². The van der Waals surface area contributed by atoms with Crippen LogP contribution in [0.1, 0.15) is 47.5 Å². The number of likely N-dealkylation sites (tertiary alicyclic amines) is 1. The van der Waals surface area contributed by atoms with Crippen LogP contribution in [0.5, 0.6) is 0 Å². The summed E-state index contributed by atoms with van der Waals surface area (Å²) in [6, 6.07) is 0.847. The lowest BCUT2D eigenvalue weighted by Crippen LogP contribution is -2.20. The fourth-order valence-electron chi connectivity index (χ4n) is 1.08. The molecule has 1 atom stereocenters. The molecule has 0 amide bonds. The summed E-state index contributed by atoms with van der Waals surface area (Å²) in [6.07, 6.45) is 2.80. The molecule has 0 aromatic heterocycles. The van der Waals surface area contributed by atoms with Gasteiger partial charge in [0.05, 0.1) is 0 Å². The fourth-order valence-corrected chi connectivity index (χ4v) is 1.08. The van der Waals surface area contributed by atoms with Gasteiger partial charge < -0.3 is 4.90 Å². The topological polar surface area (TPSA) is 3.24 Å². The van der Waals surface area contributed by atoms with Crippen molar-refractivity contribution in [1.29, 1.82) is 0 Å². The molecule has 0 spiro atoms. The number of hydrogen-bond acceptors (Lipinski definition) is 1. The van der Waals surface area contributed by atoms with Gasteiger partial charge in [-0.05, 0) is 33.4 Å². The molecule has 1 fully saturated rings. The summed E-state index contributed by atoms with van der Waals surface area (Å²) in [5.41, 5.74) is 0. The van der Waals surface area contributed by atoms with Gasteiger partial charge in [0, 0.05) is 6.04 Å². The van der Waals surface area contributed by atoms with E-state index in [9.17, 15) is 0 Å². The third-order valence-corrected chi connectivity index (χ3v) is 1.89. The van der Waals surface area contributed by atoms with E-state index in [4.69, 9.17) is 0 Å². The van der Waals surface area contributed by atoms with E-state index < -0.39 is 0 Å².